The largest absolute Gasteiger partial charge is 0.371 e. The summed E-state index contributed by atoms with van der Waals surface area (Å²) in [5, 5.41) is 8.80. The molecule has 0 unspecified atom stereocenters. The number of carbonyl (C=O) groups excluding carboxylic acids is 2. The minimum absolute atomic E-state index is 0.0911. The van der Waals surface area contributed by atoms with Gasteiger partial charge in [-0.2, -0.15) is 0 Å². The summed E-state index contributed by atoms with van der Waals surface area (Å²) in [6.45, 7) is 9.91. The average Bonchev–Trinajstić information content (AvgIpc) is 3.24. The molecule has 3 rings (SSSR count). The second-order valence-corrected chi connectivity index (χ2v) is 8.11. The topological polar surface area (TPSA) is 73.5 Å². The Labute approximate surface area is 179 Å². The van der Waals surface area contributed by atoms with E-state index in [-0.39, 0.29) is 18.0 Å². The molecule has 0 spiro atoms. The Morgan fingerprint density at radius 1 is 1.03 bits per heavy atom. The summed E-state index contributed by atoms with van der Waals surface area (Å²) in [7, 11) is 0. The van der Waals surface area contributed by atoms with Crippen molar-refractivity contribution < 1.29 is 9.59 Å². The molecule has 0 saturated carbocycles. The third kappa shape index (κ3) is 5.32. The molecule has 2 aromatic rings. The van der Waals surface area contributed by atoms with Gasteiger partial charge in [0.15, 0.2) is 0 Å². The molecule has 1 aliphatic rings. The quantitative estimate of drug-likeness (QED) is 0.624. The van der Waals surface area contributed by atoms with Gasteiger partial charge >= 0.3 is 6.03 Å². The van der Waals surface area contributed by atoms with E-state index in [2.05, 4.69) is 20.9 Å². The number of carbonyl (C=O) groups is 2. The number of amides is 3. The van der Waals surface area contributed by atoms with Gasteiger partial charge < -0.3 is 20.9 Å². The maximum absolute atomic E-state index is 12.9. The Morgan fingerprint density at radius 2 is 1.77 bits per heavy atom. The number of anilines is 3. The first-order chi connectivity index (χ1) is 14.4. The molecular formula is C24H32N4O2. The van der Waals surface area contributed by atoms with Crippen LogP contribution in [0.25, 0.3) is 0 Å². The van der Waals surface area contributed by atoms with Gasteiger partial charge in [0.25, 0.3) is 5.91 Å². The van der Waals surface area contributed by atoms with Crippen molar-refractivity contribution in [3.63, 3.8) is 0 Å². The summed E-state index contributed by atoms with van der Waals surface area (Å²) in [6, 6.07) is 11.2. The van der Waals surface area contributed by atoms with E-state index in [1.165, 1.54) is 0 Å². The molecule has 1 heterocycles. The van der Waals surface area contributed by atoms with E-state index in [9.17, 15) is 9.59 Å². The molecule has 3 N–H and O–H groups in total. The van der Waals surface area contributed by atoms with E-state index in [4.69, 9.17) is 0 Å². The van der Waals surface area contributed by atoms with Crippen LogP contribution in [0.5, 0.6) is 0 Å². The number of rotatable bonds is 6. The predicted octanol–water partition coefficient (Wildman–Crippen LogP) is 5.08. The van der Waals surface area contributed by atoms with Crippen molar-refractivity contribution in [1.29, 1.82) is 0 Å². The van der Waals surface area contributed by atoms with Crippen LogP contribution in [0.3, 0.4) is 0 Å². The zero-order chi connectivity index (χ0) is 21.7. The van der Waals surface area contributed by atoms with E-state index >= 15 is 0 Å². The van der Waals surface area contributed by atoms with Crippen LogP contribution in [0.4, 0.5) is 21.9 Å². The first-order valence-electron chi connectivity index (χ1n) is 10.7. The summed E-state index contributed by atoms with van der Waals surface area (Å²) >= 11 is 0. The Balaban J connectivity index is 1.79. The molecule has 1 saturated heterocycles. The van der Waals surface area contributed by atoms with Gasteiger partial charge in [0.1, 0.15) is 0 Å². The first kappa shape index (κ1) is 21.7. The molecule has 6 heteroatoms. The second kappa shape index (κ2) is 9.65. The molecule has 6 nitrogen and oxygen atoms in total. The monoisotopic (exact) mass is 408 g/mol. The Bertz CT molecular complexity index is 919. The highest BCUT2D eigenvalue weighted by Crippen LogP contribution is 2.28. The fourth-order valence-electron chi connectivity index (χ4n) is 3.67. The maximum Gasteiger partial charge on any atom is 0.323 e. The van der Waals surface area contributed by atoms with Crippen LogP contribution in [0.2, 0.25) is 0 Å². The highest BCUT2D eigenvalue weighted by atomic mass is 16.2. The van der Waals surface area contributed by atoms with Crippen LogP contribution in [0, 0.1) is 13.8 Å². The SMILES string of the molecule is CC[C@@H](C)NC(=O)c1cc(NC(=O)Nc2ccc(C)cc2C)ccc1N1CCCC1. The number of nitrogens with zero attached hydrogens (tertiary/aromatic N) is 1. The lowest BCUT2D eigenvalue weighted by molar-refractivity contribution is 0.0939. The molecule has 0 radical (unpaired) electrons. The van der Waals surface area contributed by atoms with E-state index in [0.29, 0.717) is 11.3 Å². The van der Waals surface area contributed by atoms with Gasteiger partial charge in [0, 0.05) is 36.2 Å². The van der Waals surface area contributed by atoms with Gasteiger partial charge in [-0.05, 0) is 69.9 Å². The number of hydrogen-bond donors (Lipinski definition) is 3. The van der Waals surface area contributed by atoms with Crippen LogP contribution < -0.4 is 20.9 Å². The molecule has 3 amide bonds. The van der Waals surface area contributed by atoms with E-state index in [1.807, 2.05) is 58.0 Å². The molecule has 0 aliphatic carbocycles. The molecule has 1 atom stereocenters. The zero-order valence-corrected chi connectivity index (χ0v) is 18.3. The van der Waals surface area contributed by atoms with E-state index in [1.54, 1.807) is 6.07 Å². The summed E-state index contributed by atoms with van der Waals surface area (Å²) < 4.78 is 0. The zero-order valence-electron chi connectivity index (χ0n) is 18.3. The lowest BCUT2D eigenvalue weighted by atomic mass is 10.1. The van der Waals surface area contributed by atoms with Crippen molar-refractivity contribution in [1.82, 2.24) is 5.32 Å². The van der Waals surface area contributed by atoms with Gasteiger partial charge in [-0.15, -0.1) is 0 Å². The van der Waals surface area contributed by atoms with Gasteiger partial charge in [0.2, 0.25) is 0 Å². The average molecular weight is 409 g/mol. The molecular weight excluding hydrogens is 376 g/mol. The maximum atomic E-state index is 12.9. The smallest absolute Gasteiger partial charge is 0.323 e. The first-order valence-corrected chi connectivity index (χ1v) is 10.7. The summed E-state index contributed by atoms with van der Waals surface area (Å²) in [4.78, 5) is 27.7. The summed E-state index contributed by atoms with van der Waals surface area (Å²) in [5.74, 6) is -0.107. The lowest BCUT2D eigenvalue weighted by Gasteiger charge is -2.23. The van der Waals surface area contributed by atoms with Crippen molar-refractivity contribution in [2.75, 3.05) is 28.6 Å². The number of hydrogen-bond acceptors (Lipinski definition) is 3. The second-order valence-electron chi connectivity index (χ2n) is 8.11. The summed E-state index contributed by atoms with van der Waals surface area (Å²) in [5.41, 5.74) is 5.03. The minimum atomic E-state index is -0.329. The van der Waals surface area contributed by atoms with Crippen molar-refractivity contribution in [3.05, 3.63) is 53.1 Å². The fraction of sp³-hybridized carbons (Fsp3) is 0.417. The third-order valence-electron chi connectivity index (χ3n) is 5.57. The van der Waals surface area contributed by atoms with Crippen LogP contribution in [-0.4, -0.2) is 31.1 Å². The van der Waals surface area contributed by atoms with Gasteiger partial charge in [0.05, 0.1) is 5.56 Å². The number of aryl methyl sites for hydroxylation is 2. The molecule has 2 aromatic carbocycles. The van der Waals surface area contributed by atoms with Crippen molar-refractivity contribution >= 4 is 29.0 Å². The molecule has 0 aromatic heterocycles. The van der Waals surface area contributed by atoms with Crippen molar-refractivity contribution in [3.8, 4) is 0 Å². The molecule has 30 heavy (non-hydrogen) atoms. The van der Waals surface area contributed by atoms with Gasteiger partial charge in [-0.3, -0.25) is 4.79 Å². The third-order valence-corrected chi connectivity index (χ3v) is 5.57. The standard InChI is InChI=1S/C24H32N4O2/c1-5-18(4)25-23(29)20-15-19(9-11-22(20)28-12-6-7-13-28)26-24(30)27-21-10-8-16(2)14-17(21)3/h8-11,14-15,18H,5-7,12-13H2,1-4H3,(H,25,29)(H2,26,27,30)/t18-/m1/s1. The molecule has 0 bridgehead atoms. The van der Waals surface area contributed by atoms with Crippen molar-refractivity contribution in [2.45, 2.75) is 53.0 Å². The lowest BCUT2D eigenvalue weighted by Crippen LogP contribution is -2.33. The normalized spacial score (nSPS) is 14.3. The Kier molecular flexibility index (Phi) is 6.98. The number of urea groups is 1. The number of nitrogens with one attached hydrogen (secondary N) is 3. The summed E-state index contributed by atoms with van der Waals surface area (Å²) in [6.07, 6.45) is 3.12. The predicted molar refractivity (Wildman–Crippen MR) is 124 cm³/mol. The molecule has 160 valence electrons. The van der Waals surface area contributed by atoms with E-state index in [0.717, 1.165) is 54.9 Å². The van der Waals surface area contributed by atoms with Crippen LogP contribution in [-0.2, 0) is 0 Å². The van der Waals surface area contributed by atoms with Crippen LogP contribution in [0.1, 0.15) is 54.6 Å². The van der Waals surface area contributed by atoms with Crippen molar-refractivity contribution in [2.24, 2.45) is 0 Å². The van der Waals surface area contributed by atoms with Gasteiger partial charge in [-0.25, -0.2) is 4.79 Å². The Morgan fingerprint density at radius 3 is 2.43 bits per heavy atom. The van der Waals surface area contributed by atoms with Crippen LogP contribution in [0.15, 0.2) is 36.4 Å². The highest BCUT2D eigenvalue weighted by molar-refractivity contribution is 6.04. The highest BCUT2D eigenvalue weighted by Gasteiger charge is 2.21. The Hall–Kier alpha value is -3.02. The fourth-order valence-corrected chi connectivity index (χ4v) is 3.67. The van der Waals surface area contributed by atoms with E-state index < -0.39 is 0 Å². The number of benzene rings is 2. The molecule has 1 fully saturated rings. The van der Waals surface area contributed by atoms with Gasteiger partial charge in [-0.1, -0.05) is 24.6 Å². The minimum Gasteiger partial charge on any atom is -0.371 e. The molecule has 1 aliphatic heterocycles. The van der Waals surface area contributed by atoms with Crippen LogP contribution >= 0.6 is 0 Å².